The predicted octanol–water partition coefficient (Wildman–Crippen LogP) is -0.828. The molecule has 0 aliphatic carbocycles. The maximum absolute atomic E-state index is 12.1. The van der Waals surface area contributed by atoms with Gasteiger partial charge in [0.05, 0.1) is 33.0 Å². The summed E-state index contributed by atoms with van der Waals surface area (Å²) < 4.78 is 5.59. The predicted molar refractivity (Wildman–Crippen MR) is 103 cm³/mol. The number of halogens is 2. The van der Waals surface area contributed by atoms with Gasteiger partial charge in [0.25, 0.3) is 0 Å². The molecule has 0 spiro atoms. The quantitative estimate of drug-likeness (QED) is 0.218. The summed E-state index contributed by atoms with van der Waals surface area (Å²) >= 11 is 0. The van der Waals surface area contributed by atoms with Crippen LogP contribution in [0.2, 0.25) is 0 Å². The molecular formula is C15H31Br2N3O5. The Balaban J connectivity index is -0.00000242. The molecule has 0 fully saturated rings. The molecule has 0 aliphatic heterocycles. The zero-order valence-corrected chi connectivity index (χ0v) is 18.7. The highest BCUT2D eigenvalue weighted by atomic mass is 79.9. The highest BCUT2D eigenvalue weighted by Crippen LogP contribution is 2.16. The Morgan fingerprint density at radius 1 is 1.16 bits per heavy atom. The van der Waals surface area contributed by atoms with Crippen molar-refractivity contribution in [1.82, 2.24) is 0 Å². The highest BCUT2D eigenvalue weighted by Gasteiger charge is 2.36. The summed E-state index contributed by atoms with van der Waals surface area (Å²) in [6.45, 7) is 2.09. The molecule has 0 aromatic carbocycles. The standard InChI is InChI=1S/C15H29N3O5.2BrH/c1-5-11(19)13(14(20)21)12(9-18(2,3)4)23-15(22)10(17)7-6-8-16;;/h10,12-13H,5-9,16-17H2,1-4H3;2*1H/t10-,12?,13?;;/m0../s1. The van der Waals surface area contributed by atoms with E-state index in [1.165, 1.54) is 0 Å². The monoisotopic (exact) mass is 491 g/mol. The van der Waals surface area contributed by atoms with Crippen molar-refractivity contribution in [2.75, 3.05) is 34.2 Å². The van der Waals surface area contributed by atoms with Crippen LogP contribution in [0, 0.1) is 5.92 Å². The van der Waals surface area contributed by atoms with Gasteiger partial charge >= 0.3 is 5.97 Å². The molecule has 0 aromatic rings. The lowest BCUT2D eigenvalue weighted by Gasteiger charge is -2.33. The van der Waals surface area contributed by atoms with Crippen LogP contribution in [0.1, 0.15) is 26.2 Å². The molecule has 10 heteroatoms. The summed E-state index contributed by atoms with van der Waals surface area (Å²) in [4.78, 5) is 35.4. The lowest BCUT2D eigenvalue weighted by molar-refractivity contribution is -0.873. The molecule has 0 radical (unpaired) electrons. The third kappa shape index (κ3) is 11.6. The van der Waals surface area contributed by atoms with Crippen molar-refractivity contribution in [3.05, 3.63) is 0 Å². The van der Waals surface area contributed by atoms with Crippen LogP contribution in [0.4, 0.5) is 0 Å². The average molecular weight is 493 g/mol. The van der Waals surface area contributed by atoms with Crippen molar-refractivity contribution in [3.63, 3.8) is 0 Å². The zero-order chi connectivity index (χ0) is 18.2. The minimum absolute atomic E-state index is 0. The minimum atomic E-state index is -1.54. The first-order valence-electron chi connectivity index (χ1n) is 7.73. The largest absolute Gasteiger partial charge is 0.549 e. The Morgan fingerprint density at radius 2 is 1.68 bits per heavy atom. The summed E-state index contributed by atoms with van der Waals surface area (Å²) in [6, 6.07) is -0.896. The number of nitrogens with two attached hydrogens (primary N) is 2. The number of nitrogens with zero attached hydrogens (tertiary/aromatic N) is 1. The fraction of sp³-hybridized carbons (Fsp3) is 0.800. The van der Waals surface area contributed by atoms with Crippen molar-refractivity contribution >= 4 is 51.7 Å². The zero-order valence-electron chi connectivity index (χ0n) is 15.2. The number of carbonyl (C=O) groups excluding carboxylic acids is 3. The van der Waals surface area contributed by atoms with Gasteiger partial charge in [0.15, 0.2) is 6.10 Å². The van der Waals surface area contributed by atoms with E-state index in [1.54, 1.807) is 28.1 Å². The molecule has 8 nitrogen and oxygen atoms in total. The molecule has 0 rings (SSSR count). The molecule has 0 aromatic heterocycles. The summed E-state index contributed by atoms with van der Waals surface area (Å²) in [5.41, 5.74) is 11.1. The third-order valence-corrected chi connectivity index (χ3v) is 3.34. The number of hydrogen-bond acceptors (Lipinski definition) is 7. The van der Waals surface area contributed by atoms with Crippen LogP contribution in [0.5, 0.6) is 0 Å². The number of Topliss-reactive ketones (excluding diaryl/α,β-unsaturated/α-hetero) is 1. The Hall–Kier alpha value is -0.550. The van der Waals surface area contributed by atoms with E-state index >= 15 is 0 Å². The van der Waals surface area contributed by atoms with E-state index in [2.05, 4.69) is 0 Å². The van der Waals surface area contributed by atoms with Gasteiger partial charge in [-0.3, -0.25) is 9.59 Å². The number of ketones is 1. The van der Waals surface area contributed by atoms with Gasteiger partial charge in [-0.15, -0.1) is 34.0 Å². The lowest BCUT2D eigenvalue weighted by atomic mass is 9.94. The van der Waals surface area contributed by atoms with Crippen LogP contribution < -0.4 is 16.6 Å². The van der Waals surface area contributed by atoms with E-state index in [0.717, 1.165) is 0 Å². The van der Waals surface area contributed by atoms with E-state index in [4.69, 9.17) is 16.2 Å². The number of ether oxygens (including phenoxy) is 1. The van der Waals surface area contributed by atoms with Gasteiger partial charge in [-0.1, -0.05) is 6.92 Å². The summed E-state index contributed by atoms with van der Waals surface area (Å²) in [6.07, 6.45) is -0.217. The van der Waals surface area contributed by atoms with Crippen molar-refractivity contribution in [2.24, 2.45) is 17.4 Å². The van der Waals surface area contributed by atoms with E-state index in [9.17, 15) is 19.5 Å². The van der Waals surface area contributed by atoms with Gasteiger partial charge in [0.1, 0.15) is 18.4 Å². The smallest absolute Gasteiger partial charge is 0.323 e. The first-order valence-corrected chi connectivity index (χ1v) is 7.73. The number of hydrogen-bond donors (Lipinski definition) is 2. The van der Waals surface area contributed by atoms with Gasteiger partial charge in [0.2, 0.25) is 0 Å². The number of carboxylic acid groups (broad SMARTS) is 1. The lowest BCUT2D eigenvalue weighted by Crippen LogP contribution is -2.53. The van der Waals surface area contributed by atoms with Gasteiger partial charge in [-0.2, -0.15) is 0 Å². The molecule has 2 unspecified atom stereocenters. The molecule has 4 N–H and O–H groups in total. The molecule has 0 amide bonds. The van der Waals surface area contributed by atoms with Crippen molar-refractivity contribution in [3.8, 4) is 0 Å². The maximum atomic E-state index is 12.1. The first-order chi connectivity index (χ1) is 10.5. The topological polar surface area (TPSA) is 136 Å². The van der Waals surface area contributed by atoms with Crippen LogP contribution in [-0.2, 0) is 19.1 Å². The maximum Gasteiger partial charge on any atom is 0.323 e. The molecule has 25 heavy (non-hydrogen) atoms. The Bertz CT molecular complexity index is 430. The molecule has 0 aliphatic rings. The number of esters is 1. The molecular weight excluding hydrogens is 462 g/mol. The Morgan fingerprint density at radius 3 is 2.04 bits per heavy atom. The Kier molecular flexibility index (Phi) is 15.9. The number of rotatable bonds is 11. The van der Waals surface area contributed by atoms with E-state index < -0.39 is 35.8 Å². The summed E-state index contributed by atoms with van der Waals surface area (Å²) in [5, 5.41) is 11.4. The SMILES string of the molecule is Br.Br.CCC(=O)C(C(=O)[O-])C(C[N+](C)(C)C)OC(=O)[C@@H](N)CCCN. The number of carbonyl (C=O) groups is 3. The summed E-state index contributed by atoms with van der Waals surface area (Å²) in [7, 11) is 5.41. The van der Waals surface area contributed by atoms with Gasteiger partial charge < -0.3 is 30.6 Å². The molecule has 150 valence electrons. The highest BCUT2D eigenvalue weighted by molar-refractivity contribution is 8.93. The van der Waals surface area contributed by atoms with Crippen molar-refractivity contribution in [2.45, 2.75) is 38.3 Å². The molecule has 0 bridgehead atoms. The van der Waals surface area contributed by atoms with Gasteiger partial charge in [-0.25, -0.2) is 0 Å². The van der Waals surface area contributed by atoms with Gasteiger partial charge in [-0.05, 0) is 19.4 Å². The van der Waals surface area contributed by atoms with Crippen LogP contribution in [0.3, 0.4) is 0 Å². The van der Waals surface area contributed by atoms with E-state index in [1.807, 2.05) is 0 Å². The van der Waals surface area contributed by atoms with Crippen LogP contribution in [-0.4, -0.2) is 68.6 Å². The van der Waals surface area contributed by atoms with Crippen LogP contribution in [0.25, 0.3) is 0 Å². The normalized spacial score (nSPS) is 14.3. The number of carboxylic acids is 1. The molecule has 0 saturated carbocycles. The number of quaternary nitrogens is 1. The van der Waals surface area contributed by atoms with Crippen LogP contribution >= 0.6 is 34.0 Å². The second-order valence-electron chi connectivity index (χ2n) is 6.60. The van der Waals surface area contributed by atoms with E-state index in [0.29, 0.717) is 23.9 Å². The van der Waals surface area contributed by atoms with E-state index in [-0.39, 0.29) is 46.9 Å². The molecule has 0 heterocycles. The third-order valence-electron chi connectivity index (χ3n) is 3.34. The first kappa shape index (κ1) is 29.2. The van der Waals surface area contributed by atoms with Crippen molar-refractivity contribution < 1.29 is 28.7 Å². The fourth-order valence-corrected chi connectivity index (χ4v) is 2.15. The molecule has 3 atom stereocenters. The Labute approximate surface area is 170 Å². The molecule has 0 saturated heterocycles. The summed E-state index contributed by atoms with van der Waals surface area (Å²) in [5.74, 6) is -4.31. The van der Waals surface area contributed by atoms with Gasteiger partial charge in [0, 0.05) is 6.42 Å². The second kappa shape index (κ2) is 13.6. The van der Waals surface area contributed by atoms with Crippen LogP contribution in [0.15, 0.2) is 0 Å². The fourth-order valence-electron chi connectivity index (χ4n) is 2.15. The number of likely N-dealkylation sites (N-methyl/N-ethyl adjacent to an activating group) is 1. The second-order valence-corrected chi connectivity index (χ2v) is 6.60. The number of aliphatic carboxylic acids is 1. The average Bonchev–Trinajstić information content (AvgIpc) is 2.42. The minimum Gasteiger partial charge on any atom is -0.549 e. The van der Waals surface area contributed by atoms with Crippen molar-refractivity contribution in [1.29, 1.82) is 0 Å².